The van der Waals surface area contributed by atoms with Crippen molar-refractivity contribution in [2.75, 3.05) is 19.7 Å². The Morgan fingerprint density at radius 2 is 2.00 bits per heavy atom. The highest BCUT2D eigenvalue weighted by atomic mass is 19.1. The van der Waals surface area contributed by atoms with Crippen LogP contribution in [0.1, 0.15) is 12.5 Å². The maximum absolute atomic E-state index is 13.6. The average Bonchev–Trinajstić information content (AvgIpc) is 2.66. The highest BCUT2D eigenvalue weighted by molar-refractivity contribution is 5.74. The number of halogens is 2. The van der Waals surface area contributed by atoms with Crippen molar-refractivity contribution in [1.82, 2.24) is 10.2 Å². The van der Waals surface area contributed by atoms with Crippen LogP contribution in [0.4, 0.5) is 13.6 Å². The number of benzene rings is 2. The monoisotopic (exact) mass is 362 g/mol. The summed E-state index contributed by atoms with van der Waals surface area (Å²) in [6.07, 6.45) is -0.304. The largest absolute Gasteiger partial charge is 0.486 e. The normalized spacial score (nSPS) is 15.4. The molecule has 0 saturated carbocycles. The van der Waals surface area contributed by atoms with Crippen molar-refractivity contribution in [3.8, 4) is 11.5 Å². The highest BCUT2D eigenvalue weighted by Gasteiger charge is 2.24. The number of ether oxygens (including phenoxy) is 2. The van der Waals surface area contributed by atoms with Gasteiger partial charge in [0, 0.05) is 18.7 Å². The number of fused-ring (bicyclic) bond motifs is 1. The summed E-state index contributed by atoms with van der Waals surface area (Å²) in [7, 11) is 0. The van der Waals surface area contributed by atoms with Crippen LogP contribution in [0.2, 0.25) is 0 Å². The summed E-state index contributed by atoms with van der Waals surface area (Å²) in [5.74, 6) is 0.213. The lowest BCUT2D eigenvalue weighted by Crippen LogP contribution is -2.47. The lowest BCUT2D eigenvalue weighted by Gasteiger charge is -2.31. The number of amides is 2. The molecule has 26 heavy (non-hydrogen) atoms. The van der Waals surface area contributed by atoms with E-state index in [-0.39, 0.29) is 24.2 Å². The summed E-state index contributed by atoms with van der Waals surface area (Å²) in [4.78, 5) is 13.9. The zero-order chi connectivity index (χ0) is 18.5. The van der Waals surface area contributed by atoms with Crippen molar-refractivity contribution in [2.24, 2.45) is 0 Å². The van der Waals surface area contributed by atoms with E-state index in [4.69, 9.17) is 9.47 Å². The van der Waals surface area contributed by atoms with Gasteiger partial charge in [-0.15, -0.1) is 0 Å². The molecule has 3 rings (SSSR count). The van der Waals surface area contributed by atoms with Gasteiger partial charge in [-0.05, 0) is 37.3 Å². The van der Waals surface area contributed by atoms with Gasteiger partial charge >= 0.3 is 6.03 Å². The third kappa shape index (κ3) is 4.22. The molecule has 2 aromatic carbocycles. The van der Waals surface area contributed by atoms with Gasteiger partial charge in [0.25, 0.3) is 0 Å². The van der Waals surface area contributed by atoms with Crippen LogP contribution in [-0.4, -0.2) is 36.7 Å². The Morgan fingerprint density at radius 1 is 1.23 bits per heavy atom. The van der Waals surface area contributed by atoms with Crippen molar-refractivity contribution in [3.05, 3.63) is 59.7 Å². The maximum atomic E-state index is 13.6. The second kappa shape index (κ2) is 8.03. The minimum atomic E-state index is -0.560. The fraction of sp³-hybridized carbons (Fsp3) is 0.316. The van der Waals surface area contributed by atoms with Crippen molar-refractivity contribution in [1.29, 1.82) is 0 Å². The molecule has 5 nitrogen and oxygen atoms in total. The third-order valence-electron chi connectivity index (χ3n) is 4.10. The second-order valence-corrected chi connectivity index (χ2v) is 5.93. The summed E-state index contributed by atoms with van der Waals surface area (Å²) < 4.78 is 38.4. The molecule has 1 unspecified atom stereocenters. The van der Waals surface area contributed by atoms with Crippen molar-refractivity contribution < 1.29 is 23.0 Å². The molecule has 0 radical (unpaired) electrons. The zero-order valence-electron chi connectivity index (χ0n) is 14.4. The topological polar surface area (TPSA) is 50.8 Å². The van der Waals surface area contributed by atoms with Crippen LogP contribution >= 0.6 is 0 Å². The van der Waals surface area contributed by atoms with E-state index in [9.17, 15) is 13.6 Å². The molecule has 0 saturated heterocycles. The van der Waals surface area contributed by atoms with Gasteiger partial charge in [-0.2, -0.15) is 0 Å². The lowest BCUT2D eigenvalue weighted by atomic mass is 10.2. The number of para-hydroxylation sites is 2. The Hall–Kier alpha value is -2.83. The predicted molar refractivity (Wildman–Crippen MR) is 92.2 cm³/mol. The SMILES string of the molecule is CCN(CC1COc2ccccc2O1)C(=O)NCc1cc(F)ccc1F. The lowest BCUT2D eigenvalue weighted by molar-refractivity contribution is 0.0675. The first-order valence-corrected chi connectivity index (χ1v) is 8.42. The van der Waals surface area contributed by atoms with E-state index in [1.54, 1.807) is 4.90 Å². The van der Waals surface area contributed by atoms with Crippen LogP contribution in [0, 0.1) is 11.6 Å². The van der Waals surface area contributed by atoms with Gasteiger partial charge in [-0.3, -0.25) is 0 Å². The van der Waals surface area contributed by atoms with Crippen LogP contribution < -0.4 is 14.8 Å². The Morgan fingerprint density at radius 3 is 2.77 bits per heavy atom. The highest BCUT2D eigenvalue weighted by Crippen LogP contribution is 2.31. The molecule has 0 aromatic heterocycles. The number of rotatable bonds is 5. The summed E-state index contributed by atoms with van der Waals surface area (Å²) in [6.45, 7) is 2.84. The molecule has 2 aromatic rings. The van der Waals surface area contributed by atoms with E-state index < -0.39 is 11.6 Å². The molecule has 0 fully saturated rings. The van der Waals surface area contributed by atoms with E-state index in [0.29, 0.717) is 31.2 Å². The number of nitrogens with one attached hydrogen (secondary N) is 1. The standard InChI is InChI=1S/C19H20F2N2O3/c1-2-23(11-15-12-25-17-5-3-4-6-18(17)26-15)19(24)22-10-13-9-14(20)7-8-16(13)21/h3-9,15H,2,10-12H2,1H3,(H,22,24). The number of carbonyl (C=O) groups excluding carboxylic acids is 1. The molecule has 1 aliphatic rings. The smallest absolute Gasteiger partial charge is 0.317 e. The minimum Gasteiger partial charge on any atom is -0.486 e. The molecule has 138 valence electrons. The number of hydrogen-bond donors (Lipinski definition) is 1. The van der Waals surface area contributed by atoms with Crippen LogP contribution in [0.15, 0.2) is 42.5 Å². The molecule has 7 heteroatoms. The van der Waals surface area contributed by atoms with Crippen LogP contribution in [0.5, 0.6) is 11.5 Å². The van der Waals surface area contributed by atoms with Gasteiger partial charge in [0.1, 0.15) is 18.2 Å². The van der Waals surface area contributed by atoms with Gasteiger partial charge in [-0.1, -0.05) is 12.1 Å². The van der Waals surface area contributed by atoms with Crippen LogP contribution in [0.25, 0.3) is 0 Å². The quantitative estimate of drug-likeness (QED) is 0.888. The summed E-state index contributed by atoms with van der Waals surface area (Å²) in [5, 5.41) is 2.61. The molecule has 1 atom stereocenters. The van der Waals surface area contributed by atoms with Gasteiger partial charge in [-0.25, -0.2) is 13.6 Å². The predicted octanol–water partition coefficient (Wildman–Crippen LogP) is 3.34. The van der Waals surface area contributed by atoms with E-state index in [1.165, 1.54) is 0 Å². The molecule has 2 amide bonds. The van der Waals surface area contributed by atoms with Gasteiger partial charge < -0.3 is 19.7 Å². The minimum absolute atomic E-state index is 0.0935. The molecule has 0 aliphatic carbocycles. The zero-order valence-corrected chi connectivity index (χ0v) is 14.4. The Labute approximate surface area is 150 Å². The summed E-state index contributed by atoms with van der Waals surface area (Å²) in [6, 6.07) is 10.1. The van der Waals surface area contributed by atoms with Crippen molar-refractivity contribution in [2.45, 2.75) is 19.6 Å². The Bertz CT molecular complexity index is 785. The fourth-order valence-electron chi connectivity index (χ4n) is 2.72. The summed E-state index contributed by atoms with van der Waals surface area (Å²) in [5.41, 5.74) is 0.0978. The molecule has 1 heterocycles. The molecule has 0 spiro atoms. The van der Waals surface area contributed by atoms with Gasteiger partial charge in [0.05, 0.1) is 6.54 Å². The van der Waals surface area contributed by atoms with E-state index in [1.807, 2.05) is 31.2 Å². The first-order chi connectivity index (χ1) is 12.6. The fourth-order valence-corrected chi connectivity index (χ4v) is 2.72. The van der Waals surface area contributed by atoms with Gasteiger partial charge in [0.15, 0.2) is 17.6 Å². The second-order valence-electron chi connectivity index (χ2n) is 5.93. The number of carbonyl (C=O) groups is 1. The van der Waals surface area contributed by atoms with E-state index in [0.717, 1.165) is 18.2 Å². The molecular weight excluding hydrogens is 342 g/mol. The average molecular weight is 362 g/mol. The maximum Gasteiger partial charge on any atom is 0.317 e. The van der Waals surface area contributed by atoms with Crippen LogP contribution in [0.3, 0.4) is 0 Å². The van der Waals surface area contributed by atoms with E-state index in [2.05, 4.69) is 5.32 Å². The van der Waals surface area contributed by atoms with Crippen LogP contribution in [-0.2, 0) is 6.54 Å². The third-order valence-corrected chi connectivity index (χ3v) is 4.10. The van der Waals surface area contributed by atoms with Crippen molar-refractivity contribution >= 4 is 6.03 Å². The molecule has 1 aliphatic heterocycles. The first-order valence-electron chi connectivity index (χ1n) is 8.42. The molecular formula is C19H20F2N2O3. The van der Waals surface area contributed by atoms with Gasteiger partial charge in [0.2, 0.25) is 0 Å². The Kier molecular flexibility index (Phi) is 5.55. The molecule has 0 bridgehead atoms. The number of likely N-dealkylation sites (N-methyl/N-ethyl adjacent to an activating group) is 1. The number of nitrogens with zero attached hydrogens (tertiary/aromatic N) is 1. The molecule has 1 N–H and O–H groups in total. The summed E-state index contributed by atoms with van der Waals surface area (Å²) >= 11 is 0. The first kappa shape index (κ1) is 18.0. The van der Waals surface area contributed by atoms with Crippen molar-refractivity contribution in [3.63, 3.8) is 0 Å². The number of urea groups is 1. The number of hydrogen-bond acceptors (Lipinski definition) is 3. The Balaban J connectivity index is 1.57. The van der Waals surface area contributed by atoms with E-state index >= 15 is 0 Å².